The number of hydrogen-bond acceptors (Lipinski definition) is 5. The van der Waals surface area contributed by atoms with Crippen molar-refractivity contribution in [3.8, 4) is 11.1 Å². The largest absolute Gasteiger partial charge is 0.481 e. The fourth-order valence-corrected chi connectivity index (χ4v) is 4.79. The van der Waals surface area contributed by atoms with Crippen molar-refractivity contribution in [3.63, 3.8) is 0 Å². The van der Waals surface area contributed by atoms with Crippen molar-refractivity contribution in [2.45, 2.75) is 44.2 Å². The molecule has 0 bridgehead atoms. The second-order valence-electron chi connectivity index (χ2n) is 8.76. The van der Waals surface area contributed by atoms with Gasteiger partial charge in [-0.05, 0) is 35.1 Å². The van der Waals surface area contributed by atoms with E-state index >= 15 is 0 Å². The summed E-state index contributed by atoms with van der Waals surface area (Å²) in [5.74, 6) is -1.53. The molecule has 8 nitrogen and oxygen atoms in total. The summed E-state index contributed by atoms with van der Waals surface area (Å²) < 4.78 is 11.1. The number of rotatable bonds is 9. The van der Waals surface area contributed by atoms with Crippen molar-refractivity contribution in [1.29, 1.82) is 0 Å². The second-order valence-corrected chi connectivity index (χ2v) is 8.76. The molecule has 0 radical (unpaired) electrons. The van der Waals surface area contributed by atoms with E-state index in [0.29, 0.717) is 19.4 Å². The molecule has 1 fully saturated rings. The van der Waals surface area contributed by atoms with Crippen LogP contribution in [0.3, 0.4) is 0 Å². The maximum absolute atomic E-state index is 12.6. The highest BCUT2D eigenvalue weighted by Gasteiger charge is 2.35. The Bertz CT molecular complexity index is 1010. The molecule has 2 aromatic carbocycles. The topological polar surface area (TPSA) is 114 Å². The molecule has 3 atom stereocenters. The molecule has 1 aliphatic heterocycles. The van der Waals surface area contributed by atoms with Gasteiger partial charge in [-0.2, -0.15) is 0 Å². The van der Waals surface area contributed by atoms with Gasteiger partial charge in [0, 0.05) is 31.0 Å². The molecule has 1 heterocycles. The van der Waals surface area contributed by atoms with Crippen LogP contribution in [0.15, 0.2) is 48.5 Å². The molecule has 1 aliphatic carbocycles. The van der Waals surface area contributed by atoms with Crippen molar-refractivity contribution in [2.24, 2.45) is 5.92 Å². The monoisotopic (exact) mass is 466 g/mol. The number of ether oxygens (including phenoxy) is 2. The standard InChI is InChI=1S/C26H30N2O6/c1-2-17(13-23(29)30)28-25(31)24-16(11-12-33-24)14-27-26(32)34-15-22-20-9-5-3-7-18(20)19-8-4-6-10-21(19)22/h3-10,16-17,22,24H,2,11-15H2,1H3,(H,27,32)(H,28,31)(H,29,30)/t16-,17?,24-/m0/s1. The highest BCUT2D eigenvalue weighted by atomic mass is 16.5. The molecule has 8 heteroatoms. The molecule has 34 heavy (non-hydrogen) atoms. The summed E-state index contributed by atoms with van der Waals surface area (Å²) in [6.45, 7) is 2.69. The number of amides is 2. The number of carbonyl (C=O) groups excluding carboxylic acids is 2. The molecular formula is C26H30N2O6. The van der Waals surface area contributed by atoms with E-state index in [1.165, 1.54) is 0 Å². The normalized spacial score (nSPS) is 19.7. The highest BCUT2D eigenvalue weighted by molar-refractivity contribution is 5.82. The SMILES string of the molecule is CCC(CC(=O)O)NC(=O)[C@H]1OCC[C@H]1CNC(=O)OCC1c2ccccc2-c2ccccc21. The van der Waals surface area contributed by atoms with Crippen LogP contribution in [0, 0.1) is 5.92 Å². The number of carboxylic acids is 1. The van der Waals surface area contributed by atoms with E-state index in [-0.39, 0.29) is 37.3 Å². The predicted molar refractivity (Wildman–Crippen MR) is 125 cm³/mol. The highest BCUT2D eigenvalue weighted by Crippen LogP contribution is 2.44. The van der Waals surface area contributed by atoms with E-state index in [9.17, 15) is 14.4 Å². The van der Waals surface area contributed by atoms with Crippen LogP contribution in [-0.2, 0) is 19.1 Å². The average molecular weight is 467 g/mol. The Hall–Kier alpha value is -3.39. The summed E-state index contributed by atoms with van der Waals surface area (Å²) in [6, 6.07) is 15.8. The number of hydrogen-bond donors (Lipinski definition) is 3. The second kappa shape index (κ2) is 10.7. The van der Waals surface area contributed by atoms with E-state index in [1.54, 1.807) is 0 Å². The van der Waals surface area contributed by atoms with Crippen LogP contribution >= 0.6 is 0 Å². The summed E-state index contributed by atoms with van der Waals surface area (Å²) in [5, 5.41) is 14.5. The van der Waals surface area contributed by atoms with Crippen molar-refractivity contribution >= 4 is 18.0 Å². The van der Waals surface area contributed by atoms with Crippen molar-refractivity contribution in [3.05, 3.63) is 59.7 Å². The van der Waals surface area contributed by atoms with E-state index in [0.717, 1.165) is 22.3 Å². The van der Waals surface area contributed by atoms with Gasteiger partial charge in [-0.1, -0.05) is 55.5 Å². The Morgan fingerprint density at radius 2 is 1.74 bits per heavy atom. The zero-order valence-corrected chi connectivity index (χ0v) is 19.2. The summed E-state index contributed by atoms with van der Waals surface area (Å²) in [4.78, 5) is 36.0. The zero-order chi connectivity index (χ0) is 24.1. The van der Waals surface area contributed by atoms with Gasteiger partial charge in [-0.15, -0.1) is 0 Å². The lowest BCUT2D eigenvalue weighted by Gasteiger charge is -2.22. The average Bonchev–Trinajstić information content (AvgIpc) is 3.43. The lowest BCUT2D eigenvalue weighted by atomic mass is 9.98. The van der Waals surface area contributed by atoms with Crippen LogP contribution in [0.5, 0.6) is 0 Å². The maximum atomic E-state index is 12.6. The zero-order valence-electron chi connectivity index (χ0n) is 19.2. The number of aliphatic carboxylic acids is 1. The van der Waals surface area contributed by atoms with Crippen molar-refractivity contribution in [1.82, 2.24) is 10.6 Å². The van der Waals surface area contributed by atoms with Crippen LogP contribution in [0.4, 0.5) is 4.79 Å². The van der Waals surface area contributed by atoms with Crippen LogP contribution in [0.1, 0.15) is 43.2 Å². The fourth-order valence-electron chi connectivity index (χ4n) is 4.79. The minimum absolute atomic E-state index is 0.0216. The van der Waals surface area contributed by atoms with Gasteiger partial charge in [-0.25, -0.2) is 4.79 Å². The lowest BCUT2D eigenvalue weighted by Crippen LogP contribution is -2.46. The van der Waals surface area contributed by atoms with Crippen LogP contribution < -0.4 is 10.6 Å². The van der Waals surface area contributed by atoms with Gasteiger partial charge in [0.2, 0.25) is 5.91 Å². The summed E-state index contributed by atoms with van der Waals surface area (Å²) >= 11 is 0. The third-order valence-corrected chi connectivity index (χ3v) is 6.59. The third kappa shape index (κ3) is 5.22. The smallest absolute Gasteiger partial charge is 0.407 e. The minimum Gasteiger partial charge on any atom is -0.481 e. The third-order valence-electron chi connectivity index (χ3n) is 6.59. The van der Waals surface area contributed by atoms with Gasteiger partial charge in [0.1, 0.15) is 12.7 Å². The van der Waals surface area contributed by atoms with Crippen LogP contribution in [0.25, 0.3) is 11.1 Å². The predicted octanol–water partition coefficient (Wildman–Crippen LogP) is 3.30. The Morgan fingerprint density at radius 3 is 2.35 bits per heavy atom. The van der Waals surface area contributed by atoms with Gasteiger partial charge in [0.05, 0.1) is 6.42 Å². The molecule has 3 N–H and O–H groups in total. The first-order chi connectivity index (χ1) is 16.5. The molecule has 1 saturated heterocycles. The van der Waals surface area contributed by atoms with Crippen molar-refractivity contribution in [2.75, 3.05) is 19.8 Å². The molecular weight excluding hydrogens is 436 g/mol. The summed E-state index contributed by atoms with van der Waals surface area (Å²) in [5.41, 5.74) is 4.61. The molecule has 2 aliphatic rings. The Balaban J connectivity index is 1.29. The Morgan fingerprint density at radius 1 is 1.09 bits per heavy atom. The minimum atomic E-state index is -0.965. The maximum Gasteiger partial charge on any atom is 0.407 e. The first-order valence-corrected chi connectivity index (χ1v) is 11.7. The Labute approximate surface area is 198 Å². The number of alkyl carbamates (subject to hydrolysis) is 1. The van der Waals surface area contributed by atoms with E-state index in [1.807, 2.05) is 31.2 Å². The van der Waals surface area contributed by atoms with Crippen LogP contribution in [0.2, 0.25) is 0 Å². The van der Waals surface area contributed by atoms with E-state index in [4.69, 9.17) is 14.6 Å². The number of fused-ring (bicyclic) bond motifs is 3. The first kappa shape index (κ1) is 23.8. The molecule has 180 valence electrons. The van der Waals surface area contributed by atoms with Gasteiger partial charge in [0.25, 0.3) is 0 Å². The molecule has 4 rings (SSSR count). The lowest BCUT2D eigenvalue weighted by molar-refractivity contribution is -0.138. The fraction of sp³-hybridized carbons (Fsp3) is 0.423. The van der Waals surface area contributed by atoms with Gasteiger partial charge in [0.15, 0.2) is 0 Å². The van der Waals surface area contributed by atoms with Crippen molar-refractivity contribution < 1.29 is 29.0 Å². The number of nitrogens with one attached hydrogen (secondary N) is 2. The van der Waals surface area contributed by atoms with Crippen LogP contribution in [-0.4, -0.2) is 55.0 Å². The number of carboxylic acid groups (broad SMARTS) is 1. The molecule has 0 saturated carbocycles. The molecule has 0 spiro atoms. The van der Waals surface area contributed by atoms with E-state index in [2.05, 4.69) is 34.9 Å². The quantitative estimate of drug-likeness (QED) is 0.523. The van der Waals surface area contributed by atoms with E-state index < -0.39 is 24.2 Å². The molecule has 0 aromatic heterocycles. The Kier molecular flexibility index (Phi) is 7.47. The molecule has 2 aromatic rings. The van der Waals surface area contributed by atoms with Gasteiger partial charge >= 0.3 is 12.1 Å². The number of carbonyl (C=O) groups is 3. The summed E-state index contributed by atoms with van der Waals surface area (Å²) in [6.07, 6.45) is -0.273. The first-order valence-electron chi connectivity index (χ1n) is 11.7. The summed E-state index contributed by atoms with van der Waals surface area (Å²) in [7, 11) is 0. The molecule has 2 amide bonds. The van der Waals surface area contributed by atoms with Gasteiger partial charge < -0.3 is 25.2 Å². The number of benzene rings is 2. The molecule has 1 unspecified atom stereocenters. The van der Waals surface area contributed by atoms with Gasteiger partial charge in [-0.3, -0.25) is 9.59 Å².